The van der Waals surface area contributed by atoms with Gasteiger partial charge in [0.2, 0.25) is 18.1 Å². The molecule has 0 unspecified atom stereocenters. The highest BCUT2D eigenvalue weighted by atomic mass is 16.7. The lowest BCUT2D eigenvalue weighted by Crippen LogP contribution is -2.68. The molecule has 4 rings (SSSR count). The number of aromatic nitrogens is 1. The molecule has 1 saturated heterocycles. The lowest BCUT2D eigenvalue weighted by atomic mass is 9.93. The van der Waals surface area contributed by atoms with Crippen molar-refractivity contribution in [2.45, 2.75) is 117 Å². The van der Waals surface area contributed by atoms with Gasteiger partial charge >= 0.3 is 30.0 Å². The van der Waals surface area contributed by atoms with Gasteiger partial charge in [-0.05, 0) is 39.3 Å². The minimum atomic E-state index is -1.63. The van der Waals surface area contributed by atoms with E-state index in [1.165, 1.54) is 11.8 Å². The average molecular weight is 717 g/mol. The van der Waals surface area contributed by atoms with Crippen molar-refractivity contribution >= 4 is 52.7 Å². The third-order valence-electron chi connectivity index (χ3n) is 7.99. The number of benzene rings is 1. The van der Waals surface area contributed by atoms with E-state index in [-0.39, 0.29) is 13.0 Å². The van der Waals surface area contributed by atoms with Gasteiger partial charge in [0, 0.05) is 50.7 Å². The number of esters is 4. The topological polar surface area (TPSA) is 218 Å². The van der Waals surface area contributed by atoms with Crippen LogP contribution in [0, 0.1) is 0 Å². The Labute approximate surface area is 293 Å². The number of para-hydroxylation sites is 1. The minimum Gasteiger partial charge on any atom is -0.463 e. The van der Waals surface area contributed by atoms with Crippen LogP contribution < -0.4 is 10.6 Å². The number of hydrogen-bond acceptors (Lipinski definition) is 13. The van der Waals surface area contributed by atoms with Crippen LogP contribution in [-0.2, 0) is 70.2 Å². The Morgan fingerprint density at radius 3 is 2.16 bits per heavy atom. The minimum absolute atomic E-state index is 0.0164. The molecule has 51 heavy (non-hydrogen) atoms. The number of amides is 3. The third kappa shape index (κ3) is 9.74. The van der Waals surface area contributed by atoms with Gasteiger partial charge in [0.1, 0.15) is 36.4 Å². The summed E-state index contributed by atoms with van der Waals surface area (Å²) in [5, 5.41) is 6.07. The molecule has 0 bridgehead atoms. The van der Waals surface area contributed by atoms with Crippen LogP contribution >= 0.6 is 0 Å². The summed E-state index contributed by atoms with van der Waals surface area (Å²) in [4.78, 5) is 94.1. The molecule has 278 valence electrons. The van der Waals surface area contributed by atoms with Crippen LogP contribution in [0.2, 0.25) is 0 Å². The molecule has 0 radical (unpaired) electrons. The normalized spacial score (nSPS) is 23.6. The fourth-order valence-corrected chi connectivity index (χ4v) is 6.05. The quantitative estimate of drug-likeness (QED) is 0.248. The van der Waals surface area contributed by atoms with Gasteiger partial charge in [-0.1, -0.05) is 18.2 Å². The Hall–Kier alpha value is -5.19. The Morgan fingerprint density at radius 2 is 1.55 bits per heavy atom. The lowest BCUT2D eigenvalue weighted by molar-refractivity contribution is -0.271. The predicted octanol–water partition coefficient (Wildman–Crippen LogP) is 1.53. The van der Waals surface area contributed by atoms with Crippen LogP contribution in [-0.4, -0.2) is 107 Å². The van der Waals surface area contributed by atoms with Gasteiger partial charge in [-0.25, -0.2) is 4.79 Å². The fraction of sp³-hybridized carbons (Fsp3) is 0.559. The summed E-state index contributed by atoms with van der Waals surface area (Å²) in [5.74, 6) is -4.57. The van der Waals surface area contributed by atoms with E-state index >= 15 is 0 Å². The zero-order chi connectivity index (χ0) is 37.8. The summed E-state index contributed by atoms with van der Waals surface area (Å²) >= 11 is 0. The Kier molecular flexibility index (Phi) is 12.0. The zero-order valence-electron chi connectivity index (χ0n) is 29.7. The Bertz CT molecular complexity index is 1680. The van der Waals surface area contributed by atoms with Gasteiger partial charge in [0.05, 0.1) is 6.54 Å². The van der Waals surface area contributed by atoms with Crippen LogP contribution in [0.3, 0.4) is 0 Å². The zero-order valence-corrected chi connectivity index (χ0v) is 29.7. The summed E-state index contributed by atoms with van der Waals surface area (Å²) in [7, 11) is 0. The number of fused-ring (bicyclic) bond motifs is 3. The Morgan fingerprint density at radius 1 is 0.922 bits per heavy atom. The second-order valence-corrected chi connectivity index (χ2v) is 13.3. The molecule has 1 aromatic carbocycles. The molecule has 3 amide bonds. The van der Waals surface area contributed by atoms with Crippen molar-refractivity contribution in [1.29, 1.82) is 0 Å². The molecule has 1 aromatic heterocycles. The van der Waals surface area contributed by atoms with Crippen molar-refractivity contribution in [3.05, 3.63) is 35.5 Å². The molecule has 17 nitrogen and oxygen atoms in total. The van der Waals surface area contributed by atoms with Crippen molar-refractivity contribution in [1.82, 2.24) is 20.5 Å². The van der Waals surface area contributed by atoms with E-state index < -0.39 is 96.7 Å². The first kappa shape index (κ1) is 38.6. The monoisotopic (exact) mass is 716 g/mol. The molecule has 3 N–H and O–H groups in total. The van der Waals surface area contributed by atoms with E-state index in [0.29, 0.717) is 5.69 Å². The maximum atomic E-state index is 14.4. The number of hydrogen-bond donors (Lipinski definition) is 3. The molecule has 17 heteroatoms. The number of rotatable bonds is 9. The number of carbonyl (C=O) groups excluding carboxylic acids is 7. The van der Waals surface area contributed by atoms with Gasteiger partial charge in [-0.3, -0.25) is 28.8 Å². The molecule has 3 heterocycles. The maximum Gasteiger partial charge on any atom is 0.408 e. The van der Waals surface area contributed by atoms with Crippen molar-refractivity contribution in [2.75, 3.05) is 6.61 Å². The summed E-state index contributed by atoms with van der Waals surface area (Å²) in [6, 6.07) is 3.58. The van der Waals surface area contributed by atoms with Crippen molar-refractivity contribution in [3.63, 3.8) is 0 Å². The van der Waals surface area contributed by atoms with Gasteiger partial charge in [-0.2, -0.15) is 0 Å². The first-order valence-electron chi connectivity index (χ1n) is 16.3. The Balaban J connectivity index is 1.73. The fourth-order valence-electron chi connectivity index (χ4n) is 6.05. The molecule has 0 aliphatic carbocycles. The maximum absolute atomic E-state index is 14.4. The third-order valence-corrected chi connectivity index (χ3v) is 7.99. The number of aromatic amines is 1. The van der Waals surface area contributed by atoms with Gasteiger partial charge < -0.3 is 48.9 Å². The molecule has 2 aliphatic rings. The van der Waals surface area contributed by atoms with E-state index in [1.54, 1.807) is 20.8 Å². The van der Waals surface area contributed by atoms with Crippen molar-refractivity contribution in [3.8, 4) is 0 Å². The van der Waals surface area contributed by atoms with Crippen LogP contribution in [0.1, 0.15) is 66.6 Å². The molecule has 7 atom stereocenters. The van der Waals surface area contributed by atoms with Crippen molar-refractivity contribution in [2.24, 2.45) is 0 Å². The van der Waals surface area contributed by atoms with Gasteiger partial charge in [0.25, 0.3) is 0 Å². The second-order valence-electron chi connectivity index (χ2n) is 13.3. The lowest BCUT2D eigenvalue weighted by Gasteiger charge is -2.45. The van der Waals surface area contributed by atoms with Gasteiger partial charge in [-0.15, -0.1) is 0 Å². The average Bonchev–Trinajstić information content (AvgIpc) is 3.37. The van der Waals surface area contributed by atoms with E-state index in [0.717, 1.165) is 44.2 Å². The molecule has 2 aliphatic heterocycles. The summed E-state index contributed by atoms with van der Waals surface area (Å²) in [6.07, 6.45) is -6.69. The number of nitrogens with zero attached hydrogens (tertiary/aromatic N) is 1. The van der Waals surface area contributed by atoms with E-state index in [2.05, 4.69) is 15.6 Å². The number of alkyl carbamates (subject to hydrolysis) is 1. The van der Waals surface area contributed by atoms with E-state index in [4.69, 9.17) is 28.4 Å². The standard InChI is InChI=1S/C34H44N4O13/c1-16(35-33(45)51-34(6,7)8)31(44)38-14-24-22(21-11-9-10-12-23(21)36-24)13-25(38)30(43)37-27-29(48-19(4)41)28(47-18(3)40)26(15-46-17(2)39)50-32(27)49-20(5)42/h9-12,16,25-29,32,36H,13-15H2,1-8H3,(H,35,45)(H,37,43)/t16-,25-,26+,27+,28+,29+,32+/m0/s1. The van der Waals surface area contributed by atoms with Gasteiger partial charge in [0.15, 0.2) is 12.2 Å². The summed E-state index contributed by atoms with van der Waals surface area (Å²) < 4.78 is 32.7. The molecule has 1 fully saturated rings. The smallest absolute Gasteiger partial charge is 0.408 e. The first-order valence-corrected chi connectivity index (χ1v) is 16.3. The van der Waals surface area contributed by atoms with Crippen molar-refractivity contribution < 1.29 is 62.0 Å². The molecule has 0 saturated carbocycles. The van der Waals surface area contributed by atoms with Crippen LogP contribution in [0.15, 0.2) is 24.3 Å². The highest BCUT2D eigenvalue weighted by Gasteiger charge is 2.53. The summed E-state index contributed by atoms with van der Waals surface area (Å²) in [5.41, 5.74) is 1.40. The van der Waals surface area contributed by atoms with Crippen LogP contribution in [0.4, 0.5) is 4.79 Å². The number of carbonyl (C=O) groups is 7. The molecular formula is C34H44N4O13. The second kappa shape index (κ2) is 15.8. The summed E-state index contributed by atoms with van der Waals surface area (Å²) in [6.45, 7) is 10.3. The van der Waals surface area contributed by atoms with E-state index in [1.807, 2.05) is 24.3 Å². The number of ether oxygens (including phenoxy) is 6. The molecule has 2 aromatic rings. The highest BCUT2D eigenvalue weighted by molar-refractivity contribution is 5.94. The molecule has 0 spiro atoms. The predicted molar refractivity (Wildman–Crippen MR) is 175 cm³/mol. The first-order chi connectivity index (χ1) is 23.8. The number of nitrogens with one attached hydrogen (secondary N) is 3. The SMILES string of the molecule is CC(=O)OC[C@H]1O[C@@H](OC(C)=O)[C@H](NC(=O)[C@@H]2Cc3c([nH]c4ccccc34)CN2C(=O)[C@H](C)NC(=O)OC(C)(C)C)[C@@H](OC(C)=O)[C@@H]1OC(C)=O. The van der Waals surface area contributed by atoms with E-state index in [9.17, 15) is 33.6 Å². The molecular weight excluding hydrogens is 672 g/mol. The van der Waals surface area contributed by atoms with Crippen LogP contribution in [0.5, 0.6) is 0 Å². The van der Waals surface area contributed by atoms with Crippen LogP contribution in [0.25, 0.3) is 10.9 Å². The number of H-pyrrole nitrogens is 1. The highest BCUT2D eigenvalue weighted by Crippen LogP contribution is 2.32. The largest absolute Gasteiger partial charge is 0.463 e.